The van der Waals surface area contributed by atoms with E-state index in [1.54, 1.807) is 18.5 Å². The van der Waals surface area contributed by atoms with E-state index < -0.39 is 0 Å². The molecule has 3 aliphatic rings. The molecule has 4 atom stereocenters. The molecule has 6 nitrogen and oxygen atoms in total. The van der Waals surface area contributed by atoms with Gasteiger partial charge in [0.15, 0.2) is 0 Å². The number of carbonyl (C=O) groups is 1. The van der Waals surface area contributed by atoms with Gasteiger partial charge in [-0.2, -0.15) is 0 Å². The highest BCUT2D eigenvalue weighted by Gasteiger charge is 2.63. The summed E-state index contributed by atoms with van der Waals surface area (Å²) in [5.41, 5.74) is 0.924. The minimum Gasteiger partial charge on any atom is -0.369 e. The Morgan fingerprint density at radius 2 is 2.07 bits per heavy atom. The Hall–Kier alpha value is -2.73. The first-order chi connectivity index (χ1) is 13.7. The predicted octanol–water partition coefficient (Wildman–Crippen LogP) is 2.29. The highest BCUT2D eigenvalue weighted by atomic mass is 16.5. The largest absolute Gasteiger partial charge is 0.369 e. The van der Waals surface area contributed by atoms with E-state index in [2.05, 4.69) is 20.2 Å². The minimum atomic E-state index is -0.0981. The van der Waals surface area contributed by atoms with Crippen LogP contribution in [0.1, 0.15) is 18.4 Å². The molecule has 3 aliphatic heterocycles. The molecule has 0 unspecified atom stereocenters. The first kappa shape index (κ1) is 17.4. The maximum Gasteiger partial charge on any atom is 0.244 e. The van der Waals surface area contributed by atoms with Gasteiger partial charge in [0.2, 0.25) is 11.9 Å². The maximum atomic E-state index is 12.3. The van der Waals surface area contributed by atoms with Gasteiger partial charge in [0.05, 0.1) is 18.2 Å². The van der Waals surface area contributed by atoms with E-state index in [0.29, 0.717) is 18.4 Å². The third kappa shape index (κ3) is 3.07. The number of amides is 1. The number of hydrogen-bond acceptors (Lipinski definition) is 5. The van der Waals surface area contributed by atoms with Gasteiger partial charge in [0, 0.05) is 43.4 Å². The molecule has 0 saturated carbocycles. The van der Waals surface area contributed by atoms with Crippen molar-refractivity contribution in [3.05, 3.63) is 60.4 Å². The van der Waals surface area contributed by atoms with Gasteiger partial charge in [0.1, 0.15) is 0 Å². The van der Waals surface area contributed by atoms with E-state index in [9.17, 15) is 4.79 Å². The second-order valence-electron chi connectivity index (χ2n) is 7.95. The van der Waals surface area contributed by atoms with Crippen molar-refractivity contribution in [2.45, 2.75) is 24.5 Å². The zero-order valence-electron chi connectivity index (χ0n) is 15.7. The molecule has 2 bridgehead atoms. The molecule has 2 aromatic rings. The summed E-state index contributed by atoms with van der Waals surface area (Å²) < 4.78 is 6.44. The van der Waals surface area contributed by atoms with Crippen molar-refractivity contribution >= 4 is 17.9 Å². The van der Waals surface area contributed by atoms with Crippen molar-refractivity contribution < 1.29 is 9.53 Å². The average molecular weight is 376 g/mol. The van der Waals surface area contributed by atoms with Gasteiger partial charge < -0.3 is 15.0 Å². The fourth-order valence-corrected chi connectivity index (χ4v) is 5.08. The van der Waals surface area contributed by atoms with E-state index in [1.807, 2.05) is 42.5 Å². The van der Waals surface area contributed by atoms with Crippen molar-refractivity contribution in [1.29, 1.82) is 0 Å². The summed E-state index contributed by atoms with van der Waals surface area (Å²) in [6, 6.07) is 11.7. The number of aromatic nitrogens is 2. The van der Waals surface area contributed by atoms with Crippen LogP contribution in [0.3, 0.4) is 0 Å². The van der Waals surface area contributed by atoms with Crippen molar-refractivity contribution in [3.8, 4) is 0 Å². The summed E-state index contributed by atoms with van der Waals surface area (Å²) in [7, 11) is 0. The number of rotatable bonds is 5. The Bertz CT molecular complexity index is 873. The fraction of sp³-hybridized carbons (Fsp3) is 0.409. The van der Waals surface area contributed by atoms with Gasteiger partial charge >= 0.3 is 0 Å². The lowest BCUT2D eigenvalue weighted by atomic mass is 9.73. The molecule has 144 valence electrons. The number of hydrogen-bond donors (Lipinski definition) is 1. The molecule has 1 spiro atoms. The van der Waals surface area contributed by atoms with Crippen molar-refractivity contribution in [1.82, 2.24) is 15.3 Å². The van der Waals surface area contributed by atoms with Crippen LogP contribution < -0.4 is 10.2 Å². The first-order valence-electron chi connectivity index (χ1n) is 9.94. The van der Waals surface area contributed by atoms with Crippen LogP contribution in [0, 0.1) is 11.8 Å². The number of fused-ring (bicyclic) bond motifs is 1. The van der Waals surface area contributed by atoms with Crippen LogP contribution >= 0.6 is 0 Å². The third-order valence-corrected chi connectivity index (χ3v) is 6.36. The van der Waals surface area contributed by atoms with E-state index in [-0.39, 0.29) is 17.6 Å². The molecule has 0 aliphatic carbocycles. The summed E-state index contributed by atoms with van der Waals surface area (Å²) in [5.74, 6) is 1.47. The lowest BCUT2D eigenvalue weighted by Crippen LogP contribution is -2.41. The first-order valence-corrected chi connectivity index (χ1v) is 9.94. The topological polar surface area (TPSA) is 67.4 Å². The average Bonchev–Trinajstić information content (AvgIpc) is 3.41. The highest BCUT2D eigenvalue weighted by Crippen LogP contribution is 2.54. The van der Waals surface area contributed by atoms with Gasteiger partial charge in [-0.1, -0.05) is 30.3 Å². The second-order valence-corrected chi connectivity index (χ2v) is 7.95. The third-order valence-electron chi connectivity index (χ3n) is 6.36. The highest BCUT2D eigenvalue weighted by molar-refractivity contribution is 5.91. The smallest absolute Gasteiger partial charge is 0.244 e. The van der Waals surface area contributed by atoms with Crippen LogP contribution in [0.15, 0.2) is 54.9 Å². The molecule has 1 amide bonds. The lowest BCUT2D eigenvalue weighted by Gasteiger charge is -2.29. The Kier molecular flexibility index (Phi) is 4.36. The van der Waals surface area contributed by atoms with Crippen LogP contribution in [0.5, 0.6) is 0 Å². The quantitative estimate of drug-likeness (QED) is 0.811. The molecule has 1 N–H and O–H groups in total. The van der Waals surface area contributed by atoms with Crippen LogP contribution in [-0.4, -0.2) is 47.2 Å². The van der Waals surface area contributed by atoms with Crippen LogP contribution in [0.25, 0.3) is 6.08 Å². The minimum absolute atomic E-state index is 0.0538. The molecule has 5 rings (SSSR count). The number of anilines is 1. The van der Waals surface area contributed by atoms with Crippen LogP contribution in [-0.2, 0) is 9.53 Å². The van der Waals surface area contributed by atoms with E-state index >= 15 is 0 Å². The zero-order chi connectivity index (χ0) is 19.0. The van der Waals surface area contributed by atoms with Gasteiger partial charge in [-0.05, 0) is 30.5 Å². The van der Waals surface area contributed by atoms with E-state index in [0.717, 1.165) is 37.4 Å². The molecular formula is C22H24N4O2. The Labute approximate surface area is 164 Å². The summed E-state index contributed by atoms with van der Waals surface area (Å²) in [6.07, 6.45) is 9.43. The van der Waals surface area contributed by atoms with Gasteiger partial charge in [-0.3, -0.25) is 4.79 Å². The maximum absolute atomic E-state index is 12.3. The van der Waals surface area contributed by atoms with E-state index in [4.69, 9.17) is 4.74 Å². The Morgan fingerprint density at radius 1 is 1.25 bits per heavy atom. The van der Waals surface area contributed by atoms with Gasteiger partial charge in [-0.15, -0.1) is 0 Å². The normalized spacial score (nSPS) is 30.7. The lowest BCUT2D eigenvalue weighted by molar-refractivity contribution is -0.116. The summed E-state index contributed by atoms with van der Waals surface area (Å²) in [5, 5.41) is 3.09. The molecule has 6 heteroatoms. The second kappa shape index (κ2) is 7.02. The van der Waals surface area contributed by atoms with Gasteiger partial charge in [0.25, 0.3) is 0 Å². The summed E-state index contributed by atoms with van der Waals surface area (Å²) in [6.45, 7) is 2.38. The standard InChI is InChI=1S/C22H24N4O2/c27-20(8-7-16-5-2-1-3-6-16)25-13-17-18-14-26(21-23-11-4-12-24-21)15-22(18)10-9-19(17)28-22/h1-8,11-12,17-19H,9-10,13-15H2,(H,25,27)/t17-,18+,19+,22+/m0/s1. The fourth-order valence-electron chi connectivity index (χ4n) is 5.08. The molecule has 1 aromatic heterocycles. The molecule has 3 saturated heterocycles. The van der Waals surface area contributed by atoms with Crippen LogP contribution in [0.2, 0.25) is 0 Å². The molecule has 3 fully saturated rings. The molecule has 28 heavy (non-hydrogen) atoms. The molecule has 0 radical (unpaired) electrons. The summed E-state index contributed by atoms with van der Waals surface area (Å²) >= 11 is 0. The molecule has 4 heterocycles. The Balaban J connectivity index is 1.23. The number of carbonyl (C=O) groups excluding carboxylic acids is 1. The van der Waals surface area contributed by atoms with Gasteiger partial charge in [-0.25, -0.2) is 9.97 Å². The van der Waals surface area contributed by atoms with E-state index in [1.165, 1.54) is 0 Å². The Morgan fingerprint density at radius 3 is 2.89 bits per heavy atom. The number of nitrogens with one attached hydrogen (secondary N) is 1. The molecular weight excluding hydrogens is 352 g/mol. The SMILES string of the molecule is O=C(C=Cc1ccccc1)NC[C@H]1[C@H]2CN(c3ncccn3)C[C@]23CC[C@H]1O3. The monoisotopic (exact) mass is 376 g/mol. The van der Waals surface area contributed by atoms with Crippen molar-refractivity contribution in [3.63, 3.8) is 0 Å². The van der Waals surface area contributed by atoms with Crippen molar-refractivity contribution in [2.75, 3.05) is 24.5 Å². The summed E-state index contributed by atoms with van der Waals surface area (Å²) in [4.78, 5) is 23.3. The number of nitrogens with zero attached hydrogens (tertiary/aromatic N) is 3. The predicted molar refractivity (Wildman–Crippen MR) is 107 cm³/mol. The number of ether oxygens (including phenoxy) is 1. The van der Waals surface area contributed by atoms with Crippen LogP contribution in [0.4, 0.5) is 5.95 Å². The zero-order valence-corrected chi connectivity index (χ0v) is 15.7. The molecule has 1 aromatic carbocycles. The van der Waals surface area contributed by atoms with Crippen molar-refractivity contribution in [2.24, 2.45) is 11.8 Å². The number of benzene rings is 1.